The normalized spacial score (nSPS) is 29.7. The largest absolute Gasteiger partial charge is 0.744 e. The summed E-state index contributed by atoms with van der Waals surface area (Å²) in [6.07, 6.45) is 5.65. The number of carbonyl (C=O) groups is 1. The molecule has 5 nitrogen and oxygen atoms in total. The smallest absolute Gasteiger partial charge is 0.343 e. The van der Waals surface area contributed by atoms with E-state index < -0.39 is 16.1 Å². The van der Waals surface area contributed by atoms with E-state index in [9.17, 15) is 17.8 Å². The first-order valence-electron chi connectivity index (χ1n) is 10.4. The zero-order valence-electron chi connectivity index (χ0n) is 16.3. The summed E-state index contributed by atoms with van der Waals surface area (Å²) in [6, 6.07) is 11.4. The molecule has 2 aromatic carbocycles. The lowest BCUT2D eigenvalue weighted by Crippen LogP contribution is -2.44. The van der Waals surface area contributed by atoms with Crippen LogP contribution in [0.2, 0.25) is 0 Å². The second-order valence-corrected chi connectivity index (χ2v) is 11.6. The molecule has 2 aromatic rings. The van der Waals surface area contributed by atoms with Gasteiger partial charge < -0.3 is 9.29 Å². The Morgan fingerprint density at radius 3 is 2.10 bits per heavy atom. The van der Waals surface area contributed by atoms with Crippen LogP contribution in [-0.2, 0) is 10.1 Å². The zero-order valence-corrected chi connectivity index (χ0v) is 19.3. The summed E-state index contributed by atoms with van der Waals surface area (Å²) in [5.41, 5.74) is 0.806. The highest BCUT2D eigenvalue weighted by atomic mass is 127. The molecule has 6 rings (SSSR count). The van der Waals surface area contributed by atoms with E-state index in [1.807, 2.05) is 12.1 Å². The van der Waals surface area contributed by atoms with Gasteiger partial charge in [0.1, 0.15) is 15.9 Å². The molecular weight excluding hydrogens is 515 g/mol. The third-order valence-electron chi connectivity index (χ3n) is 7.12. The molecule has 4 fully saturated rings. The van der Waals surface area contributed by atoms with Crippen molar-refractivity contribution < 1.29 is 22.5 Å². The van der Waals surface area contributed by atoms with Gasteiger partial charge in [0.2, 0.25) is 0 Å². The van der Waals surface area contributed by atoms with Crippen molar-refractivity contribution in [2.45, 2.75) is 42.9 Å². The molecule has 7 heteroatoms. The monoisotopic (exact) mass is 537 g/mol. The van der Waals surface area contributed by atoms with Gasteiger partial charge in [-0.3, -0.25) is 0 Å². The summed E-state index contributed by atoms with van der Waals surface area (Å²) in [5, 5.41) is 0. The minimum absolute atomic E-state index is 0.0302. The van der Waals surface area contributed by atoms with Crippen LogP contribution in [0.5, 0.6) is 5.75 Å². The Bertz CT molecular complexity index is 1070. The number of ether oxygens (including phenoxy) is 1. The molecule has 30 heavy (non-hydrogen) atoms. The lowest BCUT2D eigenvalue weighted by molar-refractivity contribution is -0.00373. The second-order valence-electron chi connectivity index (χ2n) is 9.01. The van der Waals surface area contributed by atoms with Crippen LogP contribution in [0, 0.1) is 27.2 Å². The number of rotatable bonds is 4. The Morgan fingerprint density at radius 2 is 1.53 bits per heavy atom. The molecule has 0 unspecified atom stereocenters. The van der Waals surface area contributed by atoms with Crippen LogP contribution in [0.25, 0.3) is 0 Å². The van der Waals surface area contributed by atoms with Gasteiger partial charge in [0.15, 0.2) is 0 Å². The summed E-state index contributed by atoms with van der Waals surface area (Å²) < 4.78 is 42.6. The molecule has 0 aromatic heterocycles. The molecule has 0 N–H and O–H groups in total. The maximum atomic E-state index is 12.7. The fourth-order valence-corrected chi connectivity index (χ4v) is 7.34. The fourth-order valence-electron chi connectivity index (χ4n) is 6.27. The highest BCUT2D eigenvalue weighted by Gasteiger charge is 2.49. The van der Waals surface area contributed by atoms with Gasteiger partial charge in [-0.05, 0) is 132 Å². The van der Waals surface area contributed by atoms with Crippen molar-refractivity contribution in [3.05, 3.63) is 57.2 Å². The fraction of sp³-hybridized carbons (Fsp3) is 0.435. The highest BCUT2D eigenvalue weighted by Crippen LogP contribution is 2.60. The van der Waals surface area contributed by atoms with Crippen LogP contribution in [-0.4, -0.2) is 18.9 Å². The van der Waals surface area contributed by atoms with Gasteiger partial charge in [-0.1, -0.05) is 0 Å². The summed E-state index contributed by atoms with van der Waals surface area (Å²) in [5.74, 6) is 2.15. The van der Waals surface area contributed by atoms with Crippen molar-refractivity contribution >= 4 is 38.7 Å². The van der Waals surface area contributed by atoms with Crippen molar-refractivity contribution in [2.75, 3.05) is 0 Å². The molecule has 4 saturated carbocycles. The van der Waals surface area contributed by atoms with Crippen LogP contribution in [0.3, 0.4) is 0 Å². The van der Waals surface area contributed by atoms with E-state index in [0.29, 0.717) is 23.1 Å². The predicted molar refractivity (Wildman–Crippen MR) is 118 cm³/mol. The van der Waals surface area contributed by atoms with Gasteiger partial charge in [0.25, 0.3) is 0 Å². The molecule has 4 bridgehead atoms. The van der Waals surface area contributed by atoms with Gasteiger partial charge in [0.05, 0.1) is 10.5 Å². The lowest BCUT2D eigenvalue weighted by Gasteiger charge is -2.55. The van der Waals surface area contributed by atoms with Crippen molar-refractivity contribution in [1.82, 2.24) is 0 Å². The quantitative estimate of drug-likeness (QED) is 0.239. The van der Waals surface area contributed by atoms with Crippen molar-refractivity contribution in [3.8, 4) is 5.75 Å². The number of benzene rings is 2. The number of hydrogen-bond acceptors (Lipinski definition) is 5. The van der Waals surface area contributed by atoms with Gasteiger partial charge in [-0.2, -0.15) is 0 Å². The number of carbonyl (C=O) groups excluding carboxylic acids is 1. The molecule has 0 spiro atoms. The van der Waals surface area contributed by atoms with E-state index in [-0.39, 0.29) is 16.4 Å². The summed E-state index contributed by atoms with van der Waals surface area (Å²) in [6.45, 7) is 0. The maximum Gasteiger partial charge on any atom is 0.343 e. The van der Waals surface area contributed by atoms with Crippen LogP contribution in [0.4, 0.5) is 0 Å². The van der Waals surface area contributed by atoms with E-state index in [2.05, 4.69) is 22.6 Å². The highest BCUT2D eigenvalue weighted by molar-refractivity contribution is 14.1. The molecule has 4 aliphatic rings. The Kier molecular flexibility index (Phi) is 5.18. The average Bonchev–Trinajstić information content (AvgIpc) is 2.68. The van der Waals surface area contributed by atoms with Crippen LogP contribution < -0.4 is 4.74 Å². The third kappa shape index (κ3) is 3.80. The standard InChI is InChI=1S/C23H23IO5S/c24-18-2-4-19(5-3-18)29-23(25)15-1-6-21(30(26,27)28)20(12-15)22-16-8-13-7-14(10-16)11-17(22)9-13/h1-6,12-14,16-17,22H,7-11H2,(H,26,27,28)/p-1. The molecule has 0 atom stereocenters. The molecular formula is C23H22IO5S-. The van der Waals surface area contributed by atoms with E-state index in [1.165, 1.54) is 18.6 Å². The number of hydrogen-bond donors (Lipinski definition) is 0. The predicted octanol–water partition coefficient (Wildman–Crippen LogP) is 4.95. The first-order valence-corrected chi connectivity index (χ1v) is 12.8. The first-order chi connectivity index (χ1) is 14.3. The minimum Gasteiger partial charge on any atom is -0.744 e. The Balaban J connectivity index is 1.51. The molecule has 4 aliphatic carbocycles. The Morgan fingerprint density at radius 1 is 0.933 bits per heavy atom. The molecule has 0 radical (unpaired) electrons. The van der Waals surface area contributed by atoms with E-state index in [0.717, 1.165) is 41.1 Å². The molecule has 0 amide bonds. The van der Waals surface area contributed by atoms with Crippen molar-refractivity contribution in [3.63, 3.8) is 0 Å². The van der Waals surface area contributed by atoms with E-state index >= 15 is 0 Å². The van der Waals surface area contributed by atoms with Crippen LogP contribution >= 0.6 is 22.6 Å². The van der Waals surface area contributed by atoms with Crippen molar-refractivity contribution in [1.29, 1.82) is 0 Å². The molecule has 158 valence electrons. The van der Waals surface area contributed by atoms with E-state index in [1.54, 1.807) is 18.2 Å². The van der Waals surface area contributed by atoms with Gasteiger partial charge in [0, 0.05) is 3.57 Å². The van der Waals surface area contributed by atoms with Crippen LogP contribution in [0.1, 0.15) is 53.9 Å². The average molecular weight is 537 g/mol. The van der Waals surface area contributed by atoms with Gasteiger partial charge >= 0.3 is 5.97 Å². The van der Waals surface area contributed by atoms with Crippen LogP contribution in [0.15, 0.2) is 47.4 Å². The van der Waals surface area contributed by atoms with Gasteiger partial charge in [-0.25, -0.2) is 13.2 Å². The summed E-state index contributed by atoms with van der Waals surface area (Å²) in [4.78, 5) is 12.6. The molecule has 0 saturated heterocycles. The minimum atomic E-state index is -4.63. The van der Waals surface area contributed by atoms with Gasteiger partial charge in [-0.15, -0.1) is 0 Å². The first kappa shape index (κ1) is 20.5. The number of esters is 1. The second kappa shape index (κ2) is 7.60. The SMILES string of the molecule is O=C(Oc1ccc(I)cc1)c1ccc(S(=O)(=O)[O-])c(C2C3CC4CC(C3)CC2C4)c1. The summed E-state index contributed by atoms with van der Waals surface area (Å²) >= 11 is 2.17. The zero-order chi connectivity index (χ0) is 21.0. The Hall–Kier alpha value is -1.45. The molecule has 0 aliphatic heterocycles. The van der Waals surface area contributed by atoms with E-state index in [4.69, 9.17) is 4.74 Å². The maximum absolute atomic E-state index is 12.7. The summed E-state index contributed by atoms with van der Waals surface area (Å²) in [7, 11) is -4.63. The molecule has 0 heterocycles. The lowest BCUT2D eigenvalue weighted by atomic mass is 9.50. The van der Waals surface area contributed by atoms with Crippen molar-refractivity contribution in [2.24, 2.45) is 23.7 Å². The topological polar surface area (TPSA) is 83.5 Å². The number of halogens is 1. The third-order valence-corrected chi connectivity index (χ3v) is 8.75. The Labute approximate surface area is 190 Å².